The molecule has 1 saturated carbocycles. The largest absolute Gasteiger partial charge is 0.394 e. The van der Waals surface area contributed by atoms with Crippen LogP contribution in [0.3, 0.4) is 0 Å². The number of aliphatic hydroxyl groups is 2. The Kier molecular flexibility index (Phi) is 6.73. The van der Waals surface area contributed by atoms with Crippen molar-refractivity contribution < 1.29 is 28.2 Å². The molecule has 0 aromatic carbocycles. The van der Waals surface area contributed by atoms with Crippen molar-refractivity contribution in [1.82, 2.24) is 10.2 Å². The number of halogens is 3. The number of hydrogen-bond donors (Lipinski definition) is 3. The van der Waals surface area contributed by atoms with Crippen LogP contribution in [0.25, 0.3) is 0 Å². The SMILES string of the molecule is CC1CCCC1NC(=O)N(CCC(F)(F)F)C[C@H](O)CO. The predicted octanol–water partition coefficient (Wildman–Crippen LogP) is 1.49. The van der Waals surface area contributed by atoms with Gasteiger partial charge in [-0.15, -0.1) is 0 Å². The number of nitrogens with zero attached hydrogens (tertiary/aromatic N) is 1. The summed E-state index contributed by atoms with van der Waals surface area (Å²) in [4.78, 5) is 13.0. The molecule has 21 heavy (non-hydrogen) atoms. The highest BCUT2D eigenvalue weighted by molar-refractivity contribution is 5.74. The van der Waals surface area contributed by atoms with Crippen molar-refractivity contribution in [1.29, 1.82) is 0 Å². The van der Waals surface area contributed by atoms with Crippen molar-refractivity contribution in [2.24, 2.45) is 5.92 Å². The second-order valence-electron chi connectivity index (χ2n) is 5.61. The molecule has 5 nitrogen and oxygen atoms in total. The first-order chi connectivity index (χ1) is 9.73. The fourth-order valence-electron chi connectivity index (χ4n) is 2.46. The van der Waals surface area contributed by atoms with Crippen molar-refractivity contribution in [3.8, 4) is 0 Å². The van der Waals surface area contributed by atoms with E-state index in [2.05, 4.69) is 5.32 Å². The molecule has 1 aliphatic rings. The van der Waals surface area contributed by atoms with E-state index in [1.165, 1.54) is 0 Å². The number of alkyl halides is 3. The summed E-state index contributed by atoms with van der Waals surface area (Å²) in [6.07, 6.45) is -3.99. The molecule has 3 N–H and O–H groups in total. The lowest BCUT2D eigenvalue weighted by Gasteiger charge is -2.28. The maximum absolute atomic E-state index is 12.3. The lowest BCUT2D eigenvalue weighted by molar-refractivity contribution is -0.137. The molecule has 0 aromatic rings. The zero-order chi connectivity index (χ0) is 16.0. The van der Waals surface area contributed by atoms with Gasteiger partial charge in [-0.25, -0.2) is 4.79 Å². The van der Waals surface area contributed by atoms with Gasteiger partial charge in [-0.2, -0.15) is 13.2 Å². The summed E-state index contributed by atoms with van der Waals surface area (Å²) in [7, 11) is 0. The van der Waals surface area contributed by atoms with Gasteiger partial charge in [-0.1, -0.05) is 13.3 Å². The molecule has 0 spiro atoms. The molecule has 124 valence electrons. The number of urea groups is 1. The fourth-order valence-corrected chi connectivity index (χ4v) is 2.46. The van der Waals surface area contributed by atoms with Gasteiger partial charge in [-0.3, -0.25) is 0 Å². The average molecular weight is 312 g/mol. The highest BCUT2D eigenvalue weighted by atomic mass is 19.4. The van der Waals surface area contributed by atoms with E-state index >= 15 is 0 Å². The van der Waals surface area contributed by atoms with Gasteiger partial charge >= 0.3 is 12.2 Å². The lowest BCUT2D eigenvalue weighted by Crippen LogP contribution is -2.49. The molecule has 0 heterocycles. The van der Waals surface area contributed by atoms with Gasteiger partial charge in [0.25, 0.3) is 0 Å². The summed E-state index contributed by atoms with van der Waals surface area (Å²) in [6.45, 7) is 0.531. The third kappa shape index (κ3) is 6.52. The minimum atomic E-state index is -4.37. The molecule has 2 amide bonds. The summed E-state index contributed by atoms with van der Waals surface area (Å²) >= 11 is 0. The van der Waals surface area contributed by atoms with Gasteiger partial charge in [0.2, 0.25) is 0 Å². The van der Waals surface area contributed by atoms with Gasteiger partial charge in [0.1, 0.15) is 0 Å². The zero-order valence-electron chi connectivity index (χ0n) is 12.1. The van der Waals surface area contributed by atoms with E-state index in [9.17, 15) is 23.1 Å². The van der Waals surface area contributed by atoms with E-state index in [1.807, 2.05) is 6.92 Å². The van der Waals surface area contributed by atoms with Crippen molar-refractivity contribution in [2.45, 2.75) is 50.9 Å². The van der Waals surface area contributed by atoms with E-state index in [0.717, 1.165) is 24.2 Å². The molecule has 0 bridgehead atoms. The summed E-state index contributed by atoms with van der Waals surface area (Å²) in [5.74, 6) is 0.293. The monoisotopic (exact) mass is 312 g/mol. The van der Waals surface area contributed by atoms with Crippen LogP contribution >= 0.6 is 0 Å². The Morgan fingerprint density at radius 2 is 2.10 bits per heavy atom. The minimum absolute atomic E-state index is 0.0443. The standard InChI is InChI=1S/C13H23F3N2O3/c1-9-3-2-4-11(9)17-12(21)18(7-10(20)8-19)6-5-13(14,15)16/h9-11,19-20H,2-8H2,1H3,(H,17,21)/t9?,10-,11?/m0/s1. The second kappa shape index (κ2) is 7.84. The Bertz CT molecular complexity index is 339. The summed E-state index contributed by atoms with van der Waals surface area (Å²) in [6, 6.07) is -0.664. The van der Waals surface area contributed by atoms with Crippen LogP contribution < -0.4 is 5.32 Å². The third-order valence-corrected chi connectivity index (χ3v) is 3.76. The van der Waals surface area contributed by atoms with Crippen LogP contribution in [-0.2, 0) is 0 Å². The zero-order valence-corrected chi connectivity index (χ0v) is 12.1. The molecule has 8 heteroatoms. The van der Waals surface area contributed by atoms with Crippen molar-refractivity contribution in [3.05, 3.63) is 0 Å². The maximum Gasteiger partial charge on any atom is 0.390 e. The van der Waals surface area contributed by atoms with E-state index < -0.39 is 37.9 Å². The number of rotatable bonds is 6. The highest BCUT2D eigenvalue weighted by Gasteiger charge is 2.31. The first-order valence-electron chi connectivity index (χ1n) is 7.14. The van der Waals surface area contributed by atoms with Crippen LogP contribution in [0.15, 0.2) is 0 Å². The smallest absolute Gasteiger partial charge is 0.390 e. The molecule has 1 fully saturated rings. The molecule has 0 aliphatic heterocycles. The molecule has 0 radical (unpaired) electrons. The summed E-state index contributed by atoms with van der Waals surface area (Å²) < 4.78 is 36.9. The van der Waals surface area contributed by atoms with E-state index in [4.69, 9.17) is 5.11 Å². The normalized spacial score (nSPS) is 23.9. The Hall–Kier alpha value is -1.02. The molecule has 1 aliphatic carbocycles. The first kappa shape index (κ1) is 18.0. The molecule has 3 atom stereocenters. The highest BCUT2D eigenvalue weighted by Crippen LogP contribution is 2.25. The van der Waals surface area contributed by atoms with Gasteiger partial charge < -0.3 is 20.4 Å². The quantitative estimate of drug-likeness (QED) is 0.696. The number of amides is 2. The van der Waals surface area contributed by atoms with Crippen molar-refractivity contribution in [3.63, 3.8) is 0 Å². The minimum Gasteiger partial charge on any atom is -0.394 e. The van der Waals surface area contributed by atoms with Crippen LogP contribution in [0.2, 0.25) is 0 Å². The van der Waals surface area contributed by atoms with E-state index in [-0.39, 0.29) is 12.6 Å². The Morgan fingerprint density at radius 3 is 2.57 bits per heavy atom. The lowest BCUT2D eigenvalue weighted by atomic mass is 10.1. The number of aliphatic hydroxyl groups excluding tert-OH is 2. The first-order valence-corrected chi connectivity index (χ1v) is 7.14. The van der Waals surface area contributed by atoms with Crippen molar-refractivity contribution in [2.75, 3.05) is 19.7 Å². The molecule has 1 rings (SSSR count). The van der Waals surface area contributed by atoms with Crippen LogP contribution in [-0.4, -0.2) is 59.2 Å². The van der Waals surface area contributed by atoms with Crippen LogP contribution in [0.4, 0.5) is 18.0 Å². The maximum atomic E-state index is 12.3. The third-order valence-electron chi connectivity index (χ3n) is 3.76. The number of carbonyl (C=O) groups excluding carboxylic acids is 1. The molecular formula is C13H23F3N2O3. The van der Waals surface area contributed by atoms with Crippen molar-refractivity contribution >= 4 is 6.03 Å². The Balaban J connectivity index is 2.58. The van der Waals surface area contributed by atoms with E-state index in [0.29, 0.717) is 5.92 Å². The van der Waals surface area contributed by atoms with Gasteiger partial charge in [0, 0.05) is 12.6 Å². The number of nitrogens with one attached hydrogen (secondary N) is 1. The second-order valence-corrected chi connectivity index (χ2v) is 5.61. The molecule has 0 saturated heterocycles. The van der Waals surface area contributed by atoms with Gasteiger partial charge in [0.05, 0.1) is 25.7 Å². The Morgan fingerprint density at radius 1 is 1.43 bits per heavy atom. The topological polar surface area (TPSA) is 72.8 Å². The molecule has 0 aromatic heterocycles. The van der Waals surface area contributed by atoms with Gasteiger partial charge in [0.15, 0.2) is 0 Å². The number of carbonyl (C=O) groups is 1. The van der Waals surface area contributed by atoms with Crippen LogP contribution in [0, 0.1) is 5.92 Å². The summed E-state index contributed by atoms with van der Waals surface area (Å²) in [5.41, 5.74) is 0. The predicted molar refractivity (Wildman–Crippen MR) is 70.7 cm³/mol. The van der Waals surface area contributed by atoms with E-state index in [1.54, 1.807) is 0 Å². The average Bonchev–Trinajstić information content (AvgIpc) is 2.78. The molecular weight excluding hydrogens is 289 g/mol. The van der Waals surface area contributed by atoms with Gasteiger partial charge in [-0.05, 0) is 18.8 Å². The van der Waals surface area contributed by atoms with Crippen LogP contribution in [0.1, 0.15) is 32.6 Å². The summed E-state index contributed by atoms with van der Waals surface area (Å²) in [5, 5.41) is 20.9. The Labute approximate surface area is 122 Å². The number of hydrogen-bond acceptors (Lipinski definition) is 3. The fraction of sp³-hybridized carbons (Fsp3) is 0.923. The molecule has 2 unspecified atom stereocenters. The van der Waals surface area contributed by atoms with Crippen LogP contribution in [0.5, 0.6) is 0 Å².